The molecule has 0 radical (unpaired) electrons. The van der Waals surface area contributed by atoms with Crippen LogP contribution in [0.5, 0.6) is 0 Å². The molecule has 0 unspecified atom stereocenters. The molecular weight excluding hydrogens is 332 g/mol. The van der Waals surface area contributed by atoms with Crippen LogP contribution in [0, 0.1) is 27.7 Å². The number of benzene rings is 2. The number of fused-ring (bicyclic) bond motifs is 1. The van der Waals surface area contributed by atoms with E-state index in [2.05, 4.69) is 68.3 Å². The Morgan fingerprint density at radius 2 is 1.63 bits per heavy atom. The lowest BCUT2D eigenvalue weighted by atomic mass is 10.0. The van der Waals surface area contributed by atoms with Gasteiger partial charge in [0.1, 0.15) is 11.3 Å². The van der Waals surface area contributed by atoms with E-state index in [1.165, 1.54) is 16.7 Å². The third kappa shape index (κ3) is 3.26. The van der Waals surface area contributed by atoms with Crippen LogP contribution in [0.3, 0.4) is 0 Å². The van der Waals surface area contributed by atoms with E-state index in [1.807, 2.05) is 34.9 Å². The van der Waals surface area contributed by atoms with Gasteiger partial charge in [-0.25, -0.2) is 4.98 Å². The molecule has 2 heterocycles. The Bertz CT molecular complexity index is 1170. The molecule has 4 nitrogen and oxygen atoms in total. The summed E-state index contributed by atoms with van der Waals surface area (Å²) < 4.78 is 1.98. The number of imidazole rings is 1. The van der Waals surface area contributed by atoms with Gasteiger partial charge in [0.05, 0.1) is 5.69 Å². The van der Waals surface area contributed by atoms with E-state index in [0.717, 1.165) is 34.0 Å². The molecule has 0 aliphatic heterocycles. The van der Waals surface area contributed by atoms with Crippen molar-refractivity contribution in [2.75, 3.05) is 0 Å². The first kappa shape index (κ1) is 17.2. The standard InChI is InChI=1S/C23H22N4/c1-15-8-11-20(18(4)13-15)25-26-23-22(19-10-9-16(2)17(3)14-19)24-21-7-5-6-12-27(21)23/h5-14H,1-4H3. The molecule has 0 aliphatic rings. The van der Waals surface area contributed by atoms with Crippen LogP contribution in [-0.4, -0.2) is 9.38 Å². The summed E-state index contributed by atoms with van der Waals surface area (Å²) in [6.45, 7) is 8.37. The number of hydrogen-bond acceptors (Lipinski definition) is 3. The average Bonchev–Trinajstić information content (AvgIpc) is 3.02. The highest BCUT2D eigenvalue weighted by atomic mass is 15.2. The van der Waals surface area contributed by atoms with E-state index >= 15 is 0 Å². The van der Waals surface area contributed by atoms with Gasteiger partial charge >= 0.3 is 0 Å². The Balaban J connectivity index is 1.88. The zero-order chi connectivity index (χ0) is 19.0. The maximum Gasteiger partial charge on any atom is 0.187 e. The molecule has 4 heteroatoms. The Morgan fingerprint density at radius 3 is 2.41 bits per heavy atom. The summed E-state index contributed by atoms with van der Waals surface area (Å²) in [5.41, 5.74) is 8.46. The number of azo groups is 1. The topological polar surface area (TPSA) is 42.0 Å². The van der Waals surface area contributed by atoms with Crippen LogP contribution in [-0.2, 0) is 0 Å². The monoisotopic (exact) mass is 354 g/mol. The number of nitrogens with zero attached hydrogens (tertiary/aromatic N) is 4. The van der Waals surface area contributed by atoms with Gasteiger partial charge in [-0.3, -0.25) is 4.40 Å². The van der Waals surface area contributed by atoms with Gasteiger partial charge in [0.25, 0.3) is 0 Å². The predicted molar refractivity (Wildman–Crippen MR) is 110 cm³/mol. The van der Waals surface area contributed by atoms with Gasteiger partial charge in [-0.05, 0) is 68.7 Å². The van der Waals surface area contributed by atoms with Crippen molar-refractivity contribution in [3.8, 4) is 11.3 Å². The summed E-state index contributed by atoms with van der Waals surface area (Å²) >= 11 is 0. The Morgan fingerprint density at radius 1 is 0.778 bits per heavy atom. The predicted octanol–water partition coefficient (Wildman–Crippen LogP) is 6.65. The smallest absolute Gasteiger partial charge is 0.187 e. The number of pyridine rings is 1. The summed E-state index contributed by atoms with van der Waals surface area (Å²) in [7, 11) is 0. The Hall–Kier alpha value is -3.27. The molecule has 2 aromatic heterocycles. The van der Waals surface area contributed by atoms with Gasteiger partial charge in [0, 0.05) is 11.8 Å². The normalized spacial score (nSPS) is 11.6. The minimum absolute atomic E-state index is 0.744. The first-order chi connectivity index (χ1) is 13.0. The van der Waals surface area contributed by atoms with E-state index in [0.29, 0.717) is 0 Å². The lowest BCUT2D eigenvalue weighted by molar-refractivity contribution is 1.10. The minimum Gasteiger partial charge on any atom is -0.283 e. The highest BCUT2D eigenvalue weighted by Crippen LogP contribution is 2.33. The van der Waals surface area contributed by atoms with Crippen molar-refractivity contribution in [3.63, 3.8) is 0 Å². The van der Waals surface area contributed by atoms with Gasteiger partial charge in [-0.2, -0.15) is 0 Å². The number of aryl methyl sites for hydroxylation is 4. The van der Waals surface area contributed by atoms with Gasteiger partial charge in [0.2, 0.25) is 0 Å². The zero-order valence-electron chi connectivity index (χ0n) is 16.1. The molecule has 0 N–H and O–H groups in total. The summed E-state index contributed by atoms with van der Waals surface area (Å²) in [4.78, 5) is 4.81. The van der Waals surface area contributed by atoms with Crippen LogP contribution >= 0.6 is 0 Å². The number of rotatable bonds is 3. The summed E-state index contributed by atoms with van der Waals surface area (Å²) in [5.74, 6) is 0.744. The third-order valence-electron chi connectivity index (χ3n) is 4.89. The molecular formula is C23H22N4. The van der Waals surface area contributed by atoms with Crippen LogP contribution in [0.15, 0.2) is 71.0 Å². The highest BCUT2D eigenvalue weighted by Gasteiger charge is 2.14. The lowest BCUT2D eigenvalue weighted by Crippen LogP contribution is -1.85. The number of aromatic nitrogens is 2. The van der Waals surface area contributed by atoms with Crippen molar-refractivity contribution in [1.82, 2.24) is 9.38 Å². The second-order valence-corrected chi connectivity index (χ2v) is 7.00. The first-order valence-corrected chi connectivity index (χ1v) is 9.06. The van der Waals surface area contributed by atoms with Crippen molar-refractivity contribution in [2.24, 2.45) is 10.2 Å². The molecule has 0 saturated heterocycles. The molecule has 0 fully saturated rings. The fourth-order valence-corrected chi connectivity index (χ4v) is 3.18. The first-order valence-electron chi connectivity index (χ1n) is 9.06. The van der Waals surface area contributed by atoms with E-state index in [9.17, 15) is 0 Å². The molecule has 0 atom stereocenters. The minimum atomic E-state index is 0.744. The van der Waals surface area contributed by atoms with Crippen molar-refractivity contribution >= 4 is 17.2 Å². The lowest BCUT2D eigenvalue weighted by Gasteiger charge is -2.04. The van der Waals surface area contributed by atoms with E-state index in [4.69, 9.17) is 4.98 Å². The molecule has 0 amide bonds. The largest absolute Gasteiger partial charge is 0.283 e. The molecule has 0 aliphatic carbocycles. The van der Waals surface area contributed by atoms with E-state index in [-0.39, 0.29) is 0 Å². The van der Waals surface area contributed by atoms with Gasteiger partial charge < -0.3 is 0 Å². The fourth-order valence-electron chi connectivity index (χ4n) is 3.18. The second kappa shape index (κ2) is 6.80. The van der Waals surface area contributed by atoms with Crippen LogP contribution in [0.2, 0.25) is 0 Å². The van der Waals surface area contributed by atoms with Crippen LogP contribution in [0.25, 0.3) is 16.9 Å². The Kier molecular flexibility index (Phi) is 4.32. The quantitative estimate of drug-likeness (QED) is 0.380. The average molecular weight is 354 g/mol. The van der Waals surface area contributed by atoms with Crippen molar-refractivity contribution < 1.29 is 0 Å². The second-order valence-electron chi connectivity index (χ2n) is 7.00. The van der Waals surface area contributed by atoms with Crippen molar-refractivity contribution in [3.05, 3.63) is 83.0 Å². The van der Waals surface area contributed by atoms with Gasteiger partial charge in [0.15, 0.2) is 5.82 Å². The van der Waals surface area contributed by atoms with Crippen molar-refractivity contribution in [2.45, 2.75) is 27.7 Å². The Labute approximate surface area is 159 Å². The molecule has 0 saturated carbocycles. The fraction of sp³-hybridized carbons (Fsp3) is 0.174. The maximum atomic E-state index is 4.81. The van der Waals surface area contributed by atoms with Crippen LogP contribution < -0.4 is 0 Å². The van der Waals surface area contributed by atoms with Crippen LogP contribution in [0.1, 0.15) is 22.3 Å². The highest BCUT2D eigenvalue weighted by molar-refractivity contribution is 5.75. The number of hydrogen-bond donors (Lipinski definition) is 0. The van der Waals surface area contributed by atoms with Crippen molar-refractivity contribution in [1.29, 1.82) is 0 Å². The maximum absolute atomic E-state index is 4.81. The SMILES string of the molecule is Cc1ccc(N=Nc2c(-c3ccc(C)c(C)c3)nc3ccccn23)c(C)c1. The van der Waals surface area contributed by atoms with E-state index < -0.39 is 0 Å². The molecule has 27 heavy (non-hydrogen) atoms. The van der Waals surface area contributed by atoms with Gasteiger partial charge in [-0.1, -0.05) is 35.9 Å². The molecule has 0 bridgehead atoms. The molecule has 134 valence electrons. The summed E-state index contributed by atoms with van der Waals surface area (Å²) in [6.07, 6.45) is 1.98. The van der Waals surface area contributed by atoms with Gasteiger partial charge in [-0.15, -0.1) is 10.2 Å². The summed E-state index contributed by atoms with van der Waals surface area (Å²) in [6, 6.07) is 18.5. The van der Waals surface area contributed by atoms with Crippen LogP contribution in [0.4, 0.5) is 11.5 Å². The summed E-state index contributed by atoms with van der Waals surface area (Å²) in [5, 5.41) is 9.14. The molecule has 2 aromatic carbocycles. The molecule has 4 aromatic rings. The van der Waals surface area contributed by atoms with E-state index in [1.54, 1.807) is 0 Å². The molecule has 4 rings (SSSR count). The zero-order valence-corrected chi connectivity index (χ0v) is 16.1. The molecule has 0 spiro atoms. The third-order valence-corrected chi connectivity index (χ3v) is 4.89.